The van der Waals surface area contributed by atoms with Crippen LogP contribution in [-0.2, 0) is 13.5 Å². The lowest BCUT2D eigenvalue weighted by molar-refractivity contribution is -0.643. The van der Waals surface area contributed by atoms with Gasteiger partial charge in [-0.3, -0.25) is 0 Å². The molecular weight excluding hydrogens is 388 g/mol. The summed E-state index contributed by atoms with van der Waals surface area (Å²) in [5.41, 5.74) is 11.2. The van der Waals surface area contributed by atoms with Gasteiger partial charge in [0.05, 0.1) is 27.3 Å². The summed E-state index contributed by atoms with van der Waals surface area (Å²) in [6.07, 6.45) is 3.32. The molecule has 0 fully saturated rings. The molecule has 0 spiro atoms. The summed E-state index contributed by atoms with van der Waals surface area (Å²) in [4.78, 5) is 0. The van der Waals surface area contributed by atoms with Crippen LogP contribution in [0.3, 0.4) is 0 Å². The Bertz CT molecular complexity index is 1710. The number of pyridine rings is 2. The normalized spacial score (nSPS) is 13.0. The van der Waals surface area contributed by atoms with Crippen LogP contribution >= 0.6 is 0 Å². The predicted molar refractivity (Wildman–Crippen MR) is 137 cm³/mol. The summed E-state index contributed by atoms with van der Waals surface area (Å²) in [5, 5.41) is 6.93. The number of fused-ring (bicyclic) bond motifs is 5. The van der Waals surface area contributed by atoms with Gasteiger partial charge in [-0.25, -0.2) is 4.57 Å². The molecule has 0 atom stereocenters. The van der Waals surface area contributed by atoms with Gasteiger partial charge in [0.15, 0.2) is 6.20 Å². The summed E-state index contributed by atoms with van der Waals surface area (Å²) in [5.74, 6) is 0. The lowest BCUT2D eigenvalue weighted by Gasteiger charge is -2.21. The molecule has 3 aromatic carbocycles. The Morgan fingerprint density at radius 2 is 1.47 bits per heavy atom. The average Bonchev–Trinajstić information content (AvgIpc) is 3.08. The maximum absolute atomic E-state index is 2.54. The van der Waals surface area contributed by atoms with Crippen LogP contribution in [-0.4, -0.2) is 4.40 Å². The van der Waals surface area contributed by atoms with Gasteiger partial charge in [0.2, 0.25) is 5.52 Å². The van der Waals surface area contributed by atoms with E-state index in [-0.39, 0.29) is 5.41 Å². The smallest absolute Gasteiger partial charge is 0.224 e. The number of nitrogens with zero attached hydrogens (tertiary/aromatic N) is 2. The van der Waals surface area contributed by atoms with E-state index in [2.05, 4.69) is 106 Å². The first-order valence-electron chi connectivity index (χ1n) is 11.7. The van der Waals surface area contributed by atoms with E-state index in [1.165, 1.54) is 71.3 Å². The summed E-state index contributed by atoms with van der Waals surface area (Å²) in [6, 6.07) is 16.0. The molecule has 0 radical (unpaired) electrons. The molecule has 0 bridgehead atoms. The zero-order valence-electron chi connectivity index (χ0n) is 20.2. The summed E-state index contributed by atoms with van der Waals surface area (Å²) in [6.45, 7) is 13.9. The zero-order chi connectivity index (χ0) is 22.5. The molecule has 3 aromatic heterocycles. The fraction of sp³-hybridized carbons (Fsp3) is 0.300. The molecule has 32 heavy (non-hydrogen) atoms. The van der Waals surface area contributed by atoms with Gasteiger partial charge in [0, 0.05) is 16.8 Å². The highest BCUT2D eigenvalue weighted by molar-refractivity contribution is 6.27. The largest absolute Gasteiger partial charge is 0.307 e. The number of hydrogen-bond donors (Lipinski definition) is 0. The second-order valence-electron chi connectivity index (χ2n) is 10.9. The van der Waals surface area contributed by atoms with Gasteiger partial charge >= 0.3 is 0 Å². The first-order chi connectivity index (χ1) is 15.2. The van der Waals surface area contributed by atoms with Crippen molar-refractivity contribution < 1.29 is 4.57 Å². The summed E-state index contributed by atoms with van der Waals surface area (Å²) < 4.78 is 4.88. The molecule has 2 nitrogen and oxygen atoms in total. The first kappa shape index (κ1) is 19.5. The number of aromatic nitrogens is 2. The van der Waals surface area contributed by atoms with Gasteiger partial charge in [-0.2, -0.15) is 0 Å². The molecule has 160 valence electrons. The molecule has 0 saturated heterocycles. The lowest BCUT2D eigenvalue weighted by Crippen LogP contribution is -2.29. The molecule has 0 aliphatic carbocycles. The highest BCUT2D eigenvalue weighted by Crippen LogP contribution is 2.44. The van der Waals surface area contributed by atoms with E-state index < -0.39 is 0 Å². The van der Waals surface area contributed by atoms with Gasteiger partial charge in [0.25, 0.3) is 0 Å². The standard InChI is InChI=1S/C30H31N2/c1-17-18(2)25-22-10-8-9-11-23(22)32-24-13-12-20(16-30(4,5)6)21-14-15-31(7)28(27(21)24)26(19(17)3)29(25)32/h8-15H,16H2,1-7H3/q+1. The average molecular weight is 420 g/mol. The van der Waals surface area contributed by atoms with E-state index in [1.54, 1.807) is 0 Å². The maximum atomic E-state index is 2.54. The highest BCUT2D eigenvalue weighted by Gasteiger charge is 2.27. The highest BCUT2D eigenvalue weighted by atomic mass is 15.0. The van der Waals surface area contributed by atoms with Crippen LogP contribution in [0.5, 0.6) is 0 Å². The van der Waals surface area contributed by atoms with Crippen molar-refractivity contribution in [3.05, 3.63) is 70.9 Å². The second kappa shape index (κ2) is 6.22. The van der Waals surface area contributed by atoms with Crippen molar-refractivity contribution in [1.82, 2.24) is 4.40 Å². The van der Waals surface area contributed by atoms with Crippen molar-refractivity contribution >= 4 is 49.0 Å². The molecule has 0 aliphatic heterocycles. The maximum Gasteiger partial charge on any atom is 0.224 e. The zero-order valence-corrected chi connectivity index (χ0v) is 20.2. The van der Waals surface area contributed by atoms with Crippen LogP contribution in [0.15, 0.2) is 48.7 Å². The topological polar surface area (TPSA) is 8.29 Å². The molecule has 0 aliphatic rings. The molecular formula is C30H31N2+. The Kier molecular flexibility index (Phi) is 3.80. The number of para-hydroxylation sites is 1. The van der Waals surface area contributed by atoms with Crippen molar-refractivity contribution in [1.29, 1.82) is 0 Å². The molecule has 3 heterocycles. The van der Waals surface area contributed by atoms with Crippen LogP contribution in [0.1, 0.15) is 43.0 Å². The number of hydrogen-bond acceptors (Lipinski definition) is 0. The summed E-state index contributed by atoms with van der Waals surface area (Å²) in [7, 11) is 2.20. The number of rotatable bonds is 1. The van der Waals surface area contributed by atoms with E-state index in [1.807, 2.05) is 0 Å². The van der Waals surface area contributed by atoms with Crippen molar-refractivity contribution in [3.8, 4) is 0 Å². The Labute approximate surface area is 189 Å². The summed E-state index contributed by atoms with van der Waals surface area (Å²) >= 11 is 0. The minimum Gasteiger partial charge on any atom is -0.307 e. The van der Waals surface area contributed by atoms with Crippen molar-refractivity contribution in [2.24, 2.45) is 12.5 Å². The fourth-order valence-corrected chi connectivity index (χ4v) is 5.97. The third kappa shape index (κ3) is 2.38. The third-order valence-electron chi connectivity index (χ3n) is 7.55. The van der Waals surface area contributed by atoms with Crippen LogP contribution in [0.2, 0.25) is 0 Å². The molecule has 0 amide bonds. The molecule has 6 rings (SSSR count). The van der Waals surface area contributed by atoms with E-state index >= 15 is 0 Å². The molecule has 6 aromatic rings. The van der Waals surface area contributed by atoms with Crippen molar-refractivity contribution in [2.75, 3.05) is 0 Å². The van der Waals surface area contributed by atoms with E-state index in [0.29, 0.717) is 0 Å². The predicted octanol–water partition coefficient (Wildman–Crippen LogP) is 7.33. The second-order valence-corrected chi connectivity index (χ2v) is 10.9. The number of aryl methyl sites for hydroxylation is 3. The van der Waals surface area contributed by atoms with Gasteiger partial charge in [0.1, 0.15) is 7.05 Å². The van der Waals surface area contributed by atoms with Gasteiger partial charge in [-0.05, 0) is 72.4 Å². The monoisotopic (exact) mass is 419 g/mol. The van der Waals surface area contributed by atoms with Crippen LogP contribution in [0, 0.1) is 26.2 Å². The van der Waals surface area contributed by atoms with E-state index in [4.69, 9.17) is 0 Å². The van der Waals surface area contributed by atoms with Gasteiger partial charge < -0.3 is 4.40 Å². The van der Waals surface area contributed by atoms with Crippen LogP contribution in [0.25, 0.3) is 49.0 Å². The fourth-order valence-electron chi connectivity index (χ4n) is 5.97. The SMILES string of the molecule is Cc1c(C)c2c3ccccc3n3c4ccc(CC(C)(C)C)c5cc[n+](C)c(c(c1C)c23)c54. The Balaban J connectivity index is 2.01. The Morgan fingerprint density at radius 3 is 2.22 bits per heavy atom. The molecule has 0 saturated carbocycles. The van der Waals surface area contributed by atoms with Gasteiger partial charge in [-0.1, -0.05) is 45.0 Å². The third-order valence-corrected chi connectivity index (χ3v) is 7.55. The minimum atomic E-state index is 0.242. The van der Waals surface area contributed by atoms with E-state index in [9.17, 15) is 0 Å². The van der Waals surface area contributed by atoms with Crippen LogP contribution < -0.4 is 4.57 Å². The Morgan fingerprint density at radius 1 is 0.750 bits per heavy atom. The molecule has 0 N–H and O–H groups in total. The van der Waals surface area contributed by atoms with E-state index in [0.717, 1.165) is 6.42 Å². The Hall–Kier alpha value is -3.13. The van der Waals surface area contributed by atoms with Crippen molar-refractivity contribution in [2.45, 2.75) is 48.0 Å². The quantitative estimate of drug-likeness (QED) is 0.150. The van der Waals surface area contributed by atoms with Gasteiger partial charge in [-0.15, -0.1) is 0 Å². The molecule has 0 unspecified atom stereocenters. The first-order valence-corrected chi connectivity index (χ1v) is 11.7. The van der Waals surface area contributed by atoms with Crippen molar-refractivity contribution in [3.63, 3.8) is 0 Å². The lowest BCUT2D eigenvalue weighted by atomic mass is 9.85. The van der Waals surface area contributed by atoms with Crippen LogP contribution in [0.4, 0.5) is 0 Å². The number of benzene rings is 3. The molecule has 2 heteroatoms. The minimum absolute atomic E-state index is 0.242.